The average Bonchev–Trinajstić information content (AvgIpc) is 2.26. The van der Waals surface area contributed by atoms with E-state index < -0.39 is 12.1 Å². The van der Waals surface area contributed by atoms with Gasteiger partial charge in [0.2, 0.25) is 5.91 Å². The van der Waals surface area contributed by atoms with Crippen molar-refractivity contribution in [2.45, 2.75) is 12.5 Å². The first-order valence-electron chi connectivity index (χ1n) is 4.76. The lowest BCUT2D eigenvalue weighted by atomic mass is 10.2. The fourth-order valence-corrected chi connectivity index (χ4v) is 1.75. The first-order valence-corrected chi connectivity index (χ1v) is 6.15. The fourth-order valence-electron chi connectivity index (χ4n) is 1.37. The predicted octanol–water partition coefficient (Wildman–Crippen LogP) is 0.0515. The highest BCUT2D eigenvalue weighted by molar-refractivity contribution is 7.98. The maximum atomic E-state index is 11.6. The molecule has 0 aromatic heterocycles. The number of carbonyl (C=O) groups is 2. The highest BCUT2D eigenvalue weighted by Gasteiger charge is 2.28. The van der Waals surface area contributed by atoms with Gasteiger partial charge in [-0.25, -0.2) is 4.79 Å². The van der Waals surface area contributed by atoms with Gasteiger partial charge in [-0.2, -0.15) is 11.8 Å². The Kier molecular flexibility index (Phi) is 4.90. The summed E-state index contributed by atoms with van der Waals surface area (Å²) in [5.74, 6) is -0.218. The number of rotatable bonds is 4. The Morgan fingerprint density at radius 2 is 2.33 bits per heavy atom. The van der Waals surface area contributed by atoms with Gasteiger partial charge in [0.1, 0.15) is 0 Å². The molecule has 15 heavy (non-hydrogen) atoms. The molecule has 0 aromatic carbocycles. The highest BCUT2D eigenvalue weighted by Crippen LogP contribution is 2.08. The molecule has 1 rings (SSSR count). The molecule has 1 N–H and O–H groups in total. The van der Waals surface area contributed by atoms with Crippen LogP contribution in [-0.2, 0) is 14.3 Å². The number of morpholine rings is 1. The molecule has 0 radical (unpaired) electrons. The second kappa shape index (κ2) is 5.97. The monoisotopic (exact) mass is 233 g/mol. The van der Waals surface area contributed by atoms with Crippen molar-refractivity contribution < 1.29 is 19.4 Å². The van der Waals surface area contributed by atoms with Crippen LogP contribution in [-0.4, -0.2) is 59.7 Å². The quantitative estimate of drug-likeness (QED) is 0.743. The van der Waals surface area contributed by atoms with Gasteiger partial charge in [0.15, 0.2) is 6.10 Å². The third kappa shape index (κ3) is 3.71. The topological polar surface area (TPSA) is 66.8 Å². The van der Waals surface area contributed by atoms with Crippen LogP contribution in [0.2, 0.25) is 0 Å². The molecule has 0 aromatic rings. The van der Waals surface area contributed by atoms with E-state index in [0.717, 1.165) is 5.75 Å². The number of carbonyl (C=O) groups excluding carboxylic acids is 1. The molecule has 1 heterocycles. The Morgan fingerprint density at radius 3 is 2.93 bits per heavy atom. The van der Waals surface area contributed by atoms with Crippen LogP contribution < -0.4 is 0 Å². The normalized spacial score (nSPS) is 21.4. The van der Waals surface area contributed by atoms with E-state index in [4.69, 9.17) is 9.84 Å². The van der Waals surface area contributed by atoms with Gasteiger partial charge < -0.3 is 14.7 Å². The number of carboxylic acids is 1. The lowest BCUT2D eigenvalue weighted by Crippen LogP contribution is -2.48. The van der Waals surface area contributed by atoms with Gasteiger partial charge in [0, 0.05) is 18.7 Å². The standard InChI is InChI=1S/C9H15NO4S/c1-15-5-2-8(11)10-3-4-14-7(6-10)9(12)13/h7H,2-6H2,1H3,(H,12,13). The first-order chi connectivity index (χ1) is 7.15. The number of amides is 1. The molecule has 0 spiro atoms. The molecule has 0 bridgehead atoms. The van der Waals surface area contributed by atoms with Gasteiger partial charge in [-0.15, -0.1) is 0 Å². The van der Waals surface area contributed by atoms with Crippen LogP contribution >= 0.6 is 11.8 Å². The van der Waals surface area contributed by atoms with Crippen LogP contribution in [0.1, 0.15) is 6.42 Å². The van der Waals surface area contributed by atoms with Crippen LogP contribution in [0.3, 0.4) is 0 Å². The Balaban J connectivity index is 2.41. The van der Waals surface area contributed by atoms with Gasteiger partial charge in [-0.1, -0.05) is 0 Å². The molecule has 1 unspecified atom stereocenters. The summed E-state index contributed by atoms with van der Waals surface area (Å²) in [4.78, 5) is 23.8. The fraction of sp³-hybridized carbons (Fsp3) is 0.778. The molecular formula is C9H15NO4S. The summed E-state index contributed by atoms with van der Waals surface area (Å²) < 4.78 is 5.03. The van der Waals surface area contributed by atoms with E-state index in [0.29, 0.717) is 19.6 Å². The van der Waals surface area contributed by atoms with E-state index >= 15 is 0 Å². The molecule has 1 saturated heterocycles. The van der Waals surface area contributed by atoms with E-state index in [1.54, 1.807) is 16.7 Å². The smallest absolute Gasteiger partial charge is 0.334 e. The van der Waals surface area contributed by atoms with Crippen molar-refractivity contribution in [3.63, 3.8) is 0 Å². The largest absolute Gasteiger partial charge is 0.479 e. The number of thioether (sulfide) groups is 1. The maximum absolute atomic E-state index is 11.6. The zero-order chi connectivity index (χ0) is 11.3. The van der Waals surface area contributed by atoms with E-state index in [2.05, 4.69) is 0 Å². The number of ether oxygens (including phenoxy) is 1. The molecule has 1 amide bonds. The summed E-state index contributed by atoms with van der Waals surface area (Å²) in [6.45, 7) is 0.974. The van der Waals surface area contributed by atoms with Crippen LogP contribution in [0.5, 0.6) is 0 Å². The number of aliphatic carboxylic acids is 1. The van der Waals surface area contributed by atoms with E-state index in [1.807, 2.05) is 6.26 Å². The Hall–Kier alpha value is -0.750. The highest BCUT2D eigenvalue weighted by atomic mass is 32.2. The summed E-state index contributed by atoms with van der Waals surface area (Å²) in [6.07, 6.45) is 1.54. The van der Waals surface area contributed by atoms with Crippen molar-refractivity contribution in [1.29, 1.82) is 0 Å². The molecule has 5 nitrogen and oxygen atoms in total. The van der Waals surface area contributed by atoms with Crippen molar-refractivity contribution in [3.8, 4) is 0 Å². The summed E-state index contributed by atoms with van der Waals surface area (Å²) in [5, 5.41) is 8.75. The minimum atomic E-state index is -1.00. The SMILES string of the molecule is CSCCC(=O)N1CCOC(C(=O)O)C1. The summed E-state index contributed by atoms with van der Waals surface area (Å²) in [5.41, 5.74) is 0. The van der Waals surface area contributed by atoms with Crippen molar-refractivity contribution >= 4 is 23.6 Å². The molecule has 0 saturated carbocycles. The average molecular weight is 233 g/mol. The van der Waals surface area contributed by atoms with Gasteiger partial charge in [-0.05, 0) is 6.26 Å². The van der Waals surface area contributed by atoms with Crippen LogP contribution in [0.25, 0.3) is 0 Å². The Morgan fingerprint density at radius 1 is 1.60 bits per heavy atom. The number of carboxylic acid groups (broad SMARTS) is 1. The van der Waals surface area contributed by atoms with Crippen LogP contribution in [0.4, 0.5) is 0 Å². The second-order valence-electron chi connectivity index (χ2n) is 3.28. The Bertz CT molecular complexity index is 246. The lowest BCUT2D eigenvalue weighted by Gasteiger charge is -2.30. The van der Waals surface area contributed by atoms with Crippen LogP contribution in [0, 0.1) is 0 Å². The Labute approximate surface area is 92.8 Å². The summed E-state index contributed by atoms with van der Waals surface area (Å²) >= 11 is 1.61. The van der Waals surface area contributed by atoms with Gasteiger partial charge >= 0.3 is 5.97 Å². The predicted molar refractivity (Wildman–Crippen MR) is 57.0 cm³/mol. The zero-order valence-corrected chi connectivity index (χ0v) is 9.46. The van der Waals surface area contributed by atoms with Gasteiger partial charge in [-0.3, -0.25) is 4.79 Å². The van der Waals surface area contributed by atoms with Crippen molar-refractivity contribution in [1.82, 2.24) is 4.90 Å². The molecule has 86 valence electrons. The number of nitrogens with zero attached hydrogens (tertiary/aromatic N) is 1. The molecule has 0 aliphatic carbocycles. The molecule has 6 heteroatoms. The third-order valence-electron chi connectivity index (χ3n) is 2.21. The number of hydrogen-bond acceptors (Lipinski definition) is 4. The van der Waals surface area contributed by atoms with Gasteiger partial charge in [0.05, 0.1) is 13.2 Å². The van der Waals surface area contributed by atoms with Crippen molar-refractivity contribution in [2.75, 3.05) is 31.7 Å². The van der Waals surface area contributed by atoms with E-state index in [-0.39, 0.29) is 12.5 Å². The van der Waals surface area contributed by atoms with Crippen LogP contribution in [0.15, 0.2) is 0 Å². The second-order valence-corrected chi connectivity index (χ2v) is 4.27. The molecule has 1 aliphatic heterocycles. The van der Waals surface area contributed by atoms with Crippen molar-refractivity contribution in [2.24, 2.45) is 0 Å². The maximum Gasteiger partial charge on any atom is 0.334 e. The minimum absolute atomic E-state index is 0.0129. The summed E-state index contributed by atoms with van der Waals surface area (Å²) in [6, 6.07) is 0. The molecule has 1 aliphatic rings. The summed E-state index contributed by atoms with van der Waals surface area (Å²) in [7, 11) is 0. The minimum Gasteiger partial charge on any atom is -0.479 e. The van der Waals surface area contributed by atoms with E-state index in [9.17, 15) is 9.59 Å². The van der Waals surface area contributed by atoms with Gasteiger partial charge in [0.25, 0.3) is 0 Å². The third-order valence-corrected chi connectivity index (χ3v) is 2.83. The first kappa shape index (κ1) is 12.3. The lowest BCUT2D eigenvalue weighted by molar-refractivity contribution is -0.159. The molecular weight excluding hydrogens is 218 g/mol. The molecule has 1 fully saturated rings. The van der Waals surface area contributed by atoms with E-state index in [1.165, 1.54) is 0 Å². The number of hydrogen-bond donors (Lipinski definition) is 1. The molecule has 1 atom stereocenters. The van der Waals surface area contributed by atoms with Crippen molar-refractivity contribution in [3.05, 3.63) is 0 Å². The zero-order valence-electron chi connectivity index (χ0n) is 8.64.